The summed E-state index contributed by atoms with van der Waals surface area (Å²) in [5, 5.41) is 21.1. The number of rotatable bonds is 2. The zero-order valence-electron chi connectivity index (χ0n) is 18.0. The van der Waals surface area contributed by atoms with Crippen LogP contribution in [0.15, 0.2) is 0 Å². The molecule has 0 bridgehead atoms. The maximum atomic E-state index is 12.1. The van der Waals surface area contributed by atoms with Crippen LogP contribution in [-0.4, -0.2) is 97.3 Å². The first-order valence-electron chi connectivity index (χ1n) is 9.14. The van der Waals surface area contributed by atoms with E-state index in [1.807, 2.05) is 11.8 Å². The maximum Gasteiger partial charge on any atom is 0.490 e. The van der Waals surface area contributed by atoms with Crippen molar-refractivity contribution in [2.24, 2.45) is 7.05 Å². The number of aryl methyl sites for hydroxylation is 2. The van der Waals surface area contributed by atoms with E-state index in [0.29, 0.717) is 12.0 Å². The van der Waals surface area contributed by atoms with Crippen molar-refractivity contribution in [3.8, 4) is 0 Å². The number of aromatic nitrogens is 3. The largest absolute Gasteiger partial charge is 0.490 e. The lowest BCUT2D eigenvalue weighted by atomic mass is 10.2. The Morgan fingerprint density at radius 2 is 1.33 bits per heavy atom. The lowest BCUT2D eigenvalue weighted by molar-refractivity contribution is -0.193. The number of nitrogens with one attached hydrogen (secondary N) is 1. The fourth-order valence-corrected chi connectivity index (χ4v) is 2.13. The summed E-state index contributed by atoms with van der Waals surface area (Å²) in [6.07, 6.45) is -10.2. The molecule has 190 valence electrons. The zero-order valence-corrected chi connectivity index (χ0v) is 18.0. The first-order chi connectivity index (χ1) is 14.9. The van der Waals surface area contributed by atoms with Gasteiger partial charge in [-0.3, -0.25) is 14.9 Å². The Hall–Kier alpha value is -3.11. The number of hydrogen-bond acceptors (Lipinski definition) is 6. The average Bonchev–Trinajstić information content (AvgIpc) is 2.98. The Morgan fingerprint density at radius 1 is 0.939 bits per heavy atom. The van der Waals surface area contributed by atoms with Crippen LogP contribution in [0.5, 0.6) is 0 Å². The third kappa shape index (κ3) is 11.4. The van der Waals surface area contributed by atoms with Crippen molar-refractivity contribution in [3.63, 3.8) is 0 Å². The van der Waals surface area contributed by atoms with Gasteiger partial charge >= 0.3 is 30.3 Å². The molecule has 0 spiro atoms. The highest BCUT2D eigenvalue weighted by Crippen LogP contribution is 2.13. The third-order valence-electron chi connectivity index (χ3n) is 4.02. The number of carbonyl (C=O) groups is 3. The monoisotopic (exact) mass is 494 g/mol. The van der Waals surface area contributed by atoms with Crippen LogP contribution in [0.4, 0.5) is 37.1 Å². The van der Waals surface area contributed by atoms with Gasteiger partial charge in [-0.1, -0.05) is 0 Å². The van der Waals surface area contributed by atoms with Crippen LogP contribution in [0.25, 0.3) is 0 Å². The molecule has 0 atom stereocenters. The number of carboxylic acids is 2. The van der Waals surface area contributed by atoms with Crippen molar-refractivity contribution < 1.29 is 50.9 Å². The van der Waals surface area contributed by atoms with Gasteiger partial charge in [0.1, 0.15) is 5.82 Å². The first-order valence-corrected chi connectivity index (χ1v) is 9.14. The molecule has 33 heavy (non-hydrogen) atoms. The van der Waals surface area contributed by atoms with Gasteiger partial charge in [-0.15, -0.1) is 5.10 Å². The van der Waals surface area contributed by atoms with E-state index < -0.39 is 24.3 Å². The van der Waals surface area contributed by atoms with Gasteiger partial charge in [0, 0.05) is 39.3 Å². The van der Waals surface area contributed by atoms with E-state index in [1.165, 1.54) is 0 Å². The van der Waals surface area contributed by atoms with Gasteiger partial charge in [-0.05, 0) is 20.8 Å². The second-order valence-corrected chi connectivity index (χ2v) is 6.76. The van der Waals surface area contributed by atoms with E-state index >= 15 is 0 Å². The molecule has 1 aromatic heterocycles. The Labute approximate surface area is 184 Å². The summed E-state index contributed by atoms with van der Waals surface area (Å²) in [6.45, 7) is 9.53. The Bertz CT molecular complexity index is 759. The number of carbonyl (C=O) groups excluding carboxylic acids is 1. The van der Waals surface area contributed by atoms with Crippen LogP contribution in [0.2, 0.25) is 0 Å². The molecule has 1 saturated heterocycles. The van der Waals surface area contributed by atoms with Crippen LogP contribution < -0.4 is 5.32 Å². The number of hydrogen-bond donors (Lipinski definition) is 3. The smallest absolute Gasteiger partial charge is 0.475 e. The van der Waals surface area contributed by atoms with Gasteiger partial charge in [0.15, 0.2) is 0 Å². The van der Waals surface area contributed by atoms with Gasteiger partial charge in [-0.25, -0.2) is 14.4 Å². The topological polar surface area (TPSA) is 141 Å². The fraction of sp³-hybridized carbons (Fsp3) is 0.688. The van der Waals surface area contributed by atoms with Crippen molar-refractivity contribution in [1.29, 1.82) is 0 Å². The number of piperazine rings is 1. The lowest BCUT2D eigenvalue weighted by Crippen LogP contribution is -2.51. The molecule has 0 radical (unpaired) electrons. The average molecular weight is 494 g/mol. The van der Waals surface area contributed by atoms with Crippen molar-refractivity contribution in [2.45, 2.75) is 39.2 Å². The van der Waals surface area contributed by atoms with Crippen LogP contribution in [0, 0.1) is 6.92 Å². The van der Waals surface area contributed by atoms with Crippen molar-refractivity contribution in [2.75, 3.05) is 31.5 Å². The highest BCUT2D eigenvalue weighted by molar-refractivity contribution is 5.87. The summed E-state index contributed by atoms with van der Waals surface area (Å²) in [4.78, 5) is 38.2. The summed E-state index contributed by atoms with van der Waals surface area (Å²) < 4.78 is 65.1. The second kappa shape index (κ2) is 12.2. The molecular weight excluding hydrogens is 470 g/mol. The van der Waals surface area contributed by atoms with Gasteiger partial charge in [0.2, 0.25) is 5.95 Å². The van der Waals surface area contributed by atoms with Crippen molar-refractivity contribution in [1.82, 2.24) is 24.6 Å². The van der Waals surface area contributed by atoms with E-state index in [1.54, 1.807) is 11.7 Å². The summed E-state index contributed by atoms with van der Waals surface area (Å²) in [7, 11) is 1.80. The highest BCUT2D eigenvalue weighted by Gasteiger charge is 2.38. The van der Waals surface area contributed by atoms with E-state index in [4.69, 9.17) is 19.8 Å². The number of urea groups is 1. The normalized spacial score (nSPS) is 14.6. The predicted octanol–water partition coefficient (Wildman–Crippen LogP) is 1.95. The van der Waals surface area contributed by atoms with Crippen molar-refractivity contribution >= 4 is 23.9 Å². The number of nitrogens with zero attached hydrogens (tertiary/aromatic N) is 5. The molecule has 0 aliphatic carbocycles. The van der Waals surface area contributed by atoms with Gasteiger partial charge in [0.05, 0.1) is 0 Å². The molecule has 2 heterocycles. The van der Waals surface area contributed by atoms with E-state index in [9.17, 15) is 31.1 Å². The molecule has 0 aromatic carbocycles. The number of carboxylic acid groups (broad SMARTS) is 2. The molecule has 17 heteroatoms. The molecule has 1 aromatic rings. The third-order valence-corrected chi connectivity index (χ3v) is 4.02. The molecule has 0 saturated carbocycles. The number of anilines is 1. The molecule has 2 rings (SSSR count). The number of halogens is 6. The first kappa shape index (κ1) is 29.9. The minimum atomic E-state index is -5.08. The fourth-order valence-electron chi connectivity index (χ4n) is 2.13. The second-order valence-electron chi connectivity index (χ2n) is 6.76. The number of alkyl halides is 6. The minimum absolute atomic E-state index is 0.117. The quantitative estimate of drug-likeness (QED) is 0.530. The molecule has 2 amide bonds. The van der Waals surface area contributed by atoms with Gasteiger partial charge < -0.3 is 15.1 Å². The standard InChI is InChI=1S/C12H22N6O.2C2HF3O2/c1-9(2)17-5-7-18(8-6-17)12(19)14-11-13-10(3)16(4)15-11;2*3-2(4,5)1(6)7/h9H,5-8H2,1-4H3,(H,14,15,19);2*(H,6,7). The van der Waals surface area contributed by atoms with Crippen LogP contribution in [0.3, 0.4) is 0 Å². The lowest BCUT2D eigenvalue weighted by Gasteiger charge is -2.36. The molecule has 11 nitrogen and oxygen atoms in total. The number of aliphatic carboxylic acids is 2. The van der Waals surface area contributed by atoms with Crippen LogP contribution in [-0.2, 0) is 16.6 Å². The summed E-state index contributed by atoms with van der Waals surface area (Å²) in [5.74, 6) is -4.36. The summed E-state index contributed by atoms with van der Waals surface area (Å²) in [5.41, 5.74) is 0. The minimum Gasteiger partial charge on any atom is -0.475 e. The summed E-state index contributed by atoms with van der Waals surface area (Å²) >= 11 is 0. The number of amides is 2. The predicted molar refractivity (Wildman–Crippen MR) is 100 cm³/mol. The van der Waals surface area contributed by atoms with Gasteiger partial charge in [-0.2, -0.15) is 31.3 Å². The van der Waals surface area contributed by atoms with Crippen LogP contribution >= 0.6 is 0 Å². The van der Waals surface area contributed by atoms with Crippen molar-refractivity contribution in [3.05, 3.63) is 5.82 Å². The van der Waals surface area contributed by atoms with Gasteiger partial charge in [0.25, 0.3) is 0 Å². The van der Waals surface area contributed by atoms with E-state index in [2.05, 4.69) is 34.1 Å². The SMILES string of the molecule is Cc1nc(NC(=O)N2CCN(C(C)C)CC2)nn1C.O=C(O)C(F)(F)F.O=C(O)C(F)(F)F. The maximum absolute atomic E-state index is 12.1. The Balaban J connectivity index is 0.000000605. The molecule has 1 aliphatic rings. The molecule has 1 aliphatic heterocycles. The molecule has 3 N–H and O–H groups in total. The molecular formula is C16H24F6N6O5. The Kier molecular flexibility index (Phi) is 11.1. The van der Waals surface area contributed by atoms with E-state index in [0.717, 1.165) is 32.0 Å². The molecule has 1 fully saturated rings. The highest BCUT2D eigenvalue weighted by atomic mass is 19.4. The summed E-state index contributed by atoms with van der Waals surface area (Å²) in [6, 6.07) is 0.416. The Morgan fingerprint density at radius 3 is 1.61 bits per heavy atom. The zero-order chi connectivity index (χ0) is 26.1. The van der Waals surface area contributed by atoms with E-state index in [-0.39, 0.29) is 6.03 Å². The van der Waals surface area contributed by atoms with Crippen LogP contribution in [0.1, 0.15) is 19.7 Å². The molecule has 0 unspecified atom stereocenters.